The second-order valence-electron chi connectivity index (χ2n) is 4.96. The quantitative estimate of drug-likeness (QED) is 0.734. The molecular weight excluding hydrogens is 203 g/mol. The zero-order valence-electron chi connectivity index (χ0n) is 9.95. The molecular formula is C14H19FO. The third-order valence-electron chi connectivity index (χ3n) is 3.65. The van der Waals surface area contributed by atoms with E-state index in [-0.39, 0.29) is 11.9 Å². The molecule has 88 valence electrons. The minimum atomic E-state index is -0.227. The van der Waals surface area contributed by atoms with E-state index in [1.807, 2.05) is 6.07 Å². The Labute approximate surface area is 96.6 Å². The number of rotatable bonds is 2. The molecule has 0 aliphatic heterocycles. The van der Waals surface area contributed by atoms with Crippen molar-refractivity contribution < 1.29 is 9.13 Å². The smallest absolute Gasteiger partial charge is 0.126 e. The van der Waals surface area contributed by atoms with Crippen LogP contribution in [-0.2, 0) is 0 Å². The van der Waals surface area contributed by atoms with Gasteiger partial charge in [0.15, 0.2) is 0 Å². The van der Waals surface area contributed by atoms with Gasteiger partial charge in [-0.25, -0.2) is 4.39 Å². The molecule has 1 aromatic rings. The van der Waals surface area contributed by atoms with E-state index < -0.39 is 0 Å². The summed E-state index contributed by atoms with van der Waals surface area (Å²) in [7, 11) is 0. The first kappa shape index (κ1) is 11.4. The summed E-state index contributed by atoms with van der Waals surface area (Å²) in [6.07, 6.45) is 3.63. The average Bonchev–Trinajstić information content (AvgIpc) is 2.24. The highest BCUT2D eigenvalue weighted by Crippen LogP contribution is 2.31. The summed E-state index contributed by atoms with van der Waals surface area (Å²) in [6.45, 7) is 4.56. The Bertz CT molecular complexity index is 350. The van der Waals surface area contributed by atoms with Crippen LogP contribution in [-0.4, -0.2) is 6.10 Å². The van der Waals surface area contributed by atoms with Crippen molar-refractivity contribution in [2.45, 2.75) is 39.2 Å². The summed E-state index contributed by atoms with van der Waals surface area (Å²) in [5.74, 6) is 1.92. The predicted octanol–water partition coefficient (Wildman–Crippen LogP) is 4.03. The van der Waals surface area contributed by atoms with E-state index in [0.29, 0.717) is 11.7 Å². The second-order valence-corrected chi connectivity index (χ2v) is 4.96. The van der Waals surface area contributed by atoms with Crippen LogP contribution in [0.15, 0.2) is 24.3 Å². The lowest BCUT2D eigenvalue weighted by Crippen LogP contribution is -2.28. The fourth-order valence-corrected chi connectivity index (χ4v) is 2.34. The topological polar surface area (TPSA) is 9.23 Å². The van der Waals surface area contributed by atoms with Gasteiger partial charge in [0.05, 0.1) is 6.10 Å². The summed E-state index contributed by atoms with van der Waals surface area (Å²) in [5, 5.41) is 0. The van der Waals surface area contributed by atoms with E-state index in [2.05, 4.69) is 13.8 Å². The molecule has 1 nitrogen and oxygen atoms in total. The van der Waals surface area contributed by atoms with Gasteiger partial charge in [0, 0.05) is 6.07 Å². The summed E-state index contributed by atoms with van der Waals surface area (Å²) in [4.78, 5) is 0. The maximum atomic E-state index is 13.0. The van der Waals surface area contributed by atoms with Crippen molar-refractivity contribution in [1.82, 2.24) is 0 Å². The minimum absolute atomic E-state index is 0.227. The monoisotopic (exact) mass is 222 g/mol. The van der Waals surface area contributed by atoms with Crippen LogP contribution < -0.4 is 4.74 Å². The predicted molar refractivity (Wildman–Crippen MR) is 63.0 cm³/mol. The fraction of sp³-hybridized carbons (Fsp3) is 0.571. The lowest BCUT2D eigenvalue weighted by molar-refractivity contribution is 0.100. The van der Waals surface area contributed by atoms with Gasteiger partial charge in [-0.1, -0.05) is 19.9 Å². The Kier molecular flexibility index (Phi) is 3.47. The van der Waals surface area contributed by atoms with Crippen LogP contribution in [0.3, 0.4) is 0 Å². The molecule has 0 saturated heterocycles. The molecule has 0 aromatic heterocycles. The second kappa shape index (κ2) is 4.86. The van der Waals surface area contributed by atoms with Crippen LogP contribution in [0.4, 0.5) is 4.39 Å². The van der Waals surface area contributed by atoms with E-state index >= 15 is 0 Å². The summed E-state index contributed by atoms with van der Waals surface area (Å²) in [6, 6.07) is 6.42. The summed E-state index contributed by atoms with van der Waals surface area (Å²) in [5.41, 5.74) is 0. The maximum Gasteiger partial charge on any atom is 0.126 e. The van der Waals surface area contributed by atoms with Crippen molar-refractivity contribution in [2.75, 3.05) is 0 Å². The summed E-state index contributed by atoms with van der Waals surface area (Å²) < 4.78 is 18.8. The molecule has 1 aliphatic carbocycles. The van der Waals surface area contributed by atoms with Gasteiger partial charge in [-0.2, -0.15) is 0 Å². The van der Waals surface area contributed by atoms with Crippen molar-refractivity contribution >= 4 is 0 Å². The van der Waals surface area contributed by atoms with Gasteiger partial charge >= 0.3 is 0 Å². The largest absolute Gasteiger partial charge is 0.490 e. The molecule has 1 fully saturated rings. The zero-order chi connectivity index (χ0) is 11.5. The van der Waals surface area contributed by atoms with Crippen LogP contribution >= 0.6 is 0 Å². The van der Waals surface area contributed by atoms with E-state index in [0.717, 1.165) is 18.8 Å². The SMILES string of the molecule is CC1CCC(Oc2cccc(F)c2)CC1C. The minimum Gasteiger partial charge on any atom is -0.490 e. The highest BCUT2D eigenvalue weighted by molar-refractivity contribution is 5.22. The van der Waals surface area contributed by atoms with Crippen LogP contribution in [0.1, 0.15) is 33.1 Å². The highest BCUT2D eigenvalue weighted by Gasteiger charge is 2.25. The van der Waals surface area contributed by atoms with Gasteiger partial charge in [-0.05, 0) is 43.2 Å². The van der Waals surface area contributed by atoms with Crippen LogP contribution in [0.2, 0.25) is 0 Å². The number of benzene rings is 1. The number of hydrogen-bond acceptors (Lipinski definition) is 1. The summed E-state index contributed by atoms with van der Waals surface area (Å²) >= 11 is 0. The molecule has 0 spiro atoms. The molecule has 1 aliphatic rings. The zero-order valence-corrected chi connectivity index (χ0v) is 9.95. The molecule has 1 saturated carbocycles. The average molecular weight is 222 g/mol. The molecule has 0 heterocycles. The molecule has 3 unspecified atom stereocenters. The molecule has 2 heteroatoms. The van der Waals surface area contributed by atoms with Crippen molar-refractivity contribution in [3.63, 3.8) is 0 Å². The molecule has 0 N–H and O–H groups in total. The molecule has 3 atom stereocenters. The highest BCUT2D eigenvalue weighted by atomic mass is 19.1. The van der Waals surface area contributed by atoms with Crippen LogP contribution in [0, 0.1) is 17.7 Å². The number of halogens is 1. The third kappa shape index (κ3) is 2.75. The standard InChI is InChI=1S/C14H19FO/c1-10-6-7-14(8-11(10)2)16-13-5-3-4-12(15)9-13/h3-5,9-11,14H,6-8H2,1-2H3. The maximum absolute atomic E-state index is 13.0. The first-order chi connectivity index (χ1) is 7.65. The van der Waals surface area contributed by atoms with E-state index in [4.69, 9.17) is 4.74 Å². The lowest BCUT2D eigenvalue weighted by atomic mass is 9.80. The Morgan fingerprint density at radius 3 is 2.69 bits per heavy atom. The molecule has 2 rings (SSSR count). The van der Waals surface area contributed by atoms with Crippen LogP contribution in [0.5, 0.6) is 5.75 Å². The van der Waals surface area contributed by atoms with Gasteiger partial charge in [0.1, 0.15) is 11.6 Å². The number of ether oxygens (including phenoxy) is 1. The van der Waals surface area contributed by atoms with Gasteiger partial charge in [-0.15, -0.1) is 0 Å². The number of hydrogen-bond donors (Lipinski definition) is 0. The molecule has 0 radical (unpaired) electrons. The van der Waals surface area contributed by atoms with Crippen molar-refractivity contribution in [3.8, 4) is 5.75 Å². The van der Waals surface area contributed by atoms with Crippen molar-refractivity contribution in [1.29, 1.82) is 0 Å². The van der Waals surface area contributed by atoms with E-state index in [9.17, 15) is 4.39 Å². The first-order valence-electron chi connectivity index (χ1n) is 6.07. The molecule has 0 bridgehead atoms. The Morgan fingerprint density at radius 1 is 1.19 bits per heavy atom. The molecule has 16 heavy (non-hydrogen) atoms. The van der Waals surface area contributed by atoms with Gasteiger partial charge < -0.3 is 4.74 Å². The molecule has 1 aromatic carbocycles. The fourth-order valence-electron chi connectivity index (χ4n) is 2.34. The van der Waals surface area contributed by atoms with Gasteiger partial charge in [-0.3, -0.25) is 0 Å². The van der Waals surface area contributed by atoms with E-state index in [1.54, 1.807) is 6.07 Å². The Hall–Kier alpha value is -1.05. The van der Waals surface area contributed by atoms with Crippen molar-refractivity contribution in [2.24, 2.45) is 11.8 Å². The third-order valence-corrected chi connectivity index (χ3v) is 3.65. The van der Waals surface area contributed by atoms with Gasteiger partial charge in [0.2, 0.25) is 0 Å². The van der Waals surface area contributed by atoms with Crippen molar-refractivity contribution in [3.05, 3.63) is 30.1 Å². The van der Waals surface area contributed by atoms with E-state index in [1.165, 1.54) is 18.6 Å². The normalized spacial score (nSPS) is 30.1. The Morgan fingerprint density at radius 2 is 2.00 bits per heavy atom. The van der Waals surface area contributed by atoms with Gasteiger partial charge in [0.25, 0.3) is 0 Å². The first-order valence-corrected chi connectivity index (χ1v) is 6.07. The molecule has 0 amide bonds. The lowest BCUT2D eigenvalue weighted by Gasteiger charge is -2.32. The Balaban J connectivity index is 1.95. The van der Waals surface area contributed by atoms with Crippen LogP contribution in [0.25, 0.3) is 0 Å².